The number of hydrogen-bond donors (Lipinski definition) is 1. The molecule has 0 radical (unpaired) electrons. The Balaban J connectivity index is 1.36. The van der Waals surface area contributed by atoms with Crippen molar-refractivity contribution >= 4 is 23.5 Å². The quantitative estimate of drug-likeness (QED) is 0.645. The molecule has 1 aromatic rings. The van der Waals surface area contributed by atoms with Crippen molar-refractivity contribution in [2.45, 2.75) is 50.4 Å². The third-order valence-electron chi connectivity index (χ3n) is 5.94. The number of hydrogen-bond acceptors (Lipinski definition) is 5. The lowest BCUT2D eigenvalue weighted by Gasteiger charge is -2.37. The van der Waals surface area contributed by atoms with E-state index < -0.39 is 30.1 Å². The molecule has 1 aliphatic carbocycles. The van der Waals surface area contributed by atoms with E-state index in [-0.39, 0.29) is 18.9 Å². The molecule has 2 amide bonds. The molecule has 2 aliphatic heterocycles. The topological polar surface area (TPSA) is 79.0 Å². The van der Waals surface area contributed by atoms with Gasteiger partial charge in [0.1, 0.15) is 6.04 Å². The number of anilines is 1. The number of alkyl halides is 3. The molecule has 0 spiro atoms. The molecule has 0 aromatic heterocycles. The van der Waals surface area contributed by atoms with Crippen molar-refractivity contribution in [3.8, 4) is 0 Å². The van der Waals surface area contributed by atoms with Crippen LogP contribution >= 0.6 is 0 Å². The van der Waals surface area contributed by atoms with Gasteiger partial charge in [-0.1, -0.05) is 37.1 Å². The van der Waals surface area contributed by atoms with Gasteiger partial charge in [-0.2, -0.15) is 13.2 Å². The smallest absolute Gasteiger partial charge is 0.360 e. The number of para-hydroxylation sites is 1. The molecule has 2 atom stereocenters. The maximum absolute atomic E-state index is 12.7. The zero-order chi connectivity index (χ0) is 22.9. The minimum absolute atomic E-state index is 0.0515. The Hall–Kier alpha value is -2.88. The number of fused-ring (bicyclic) bond motifs is 1. The Bertz CT molecular complexity index is 929. The minimum Gasteiger partial charge on any atom is -0.360 e. The summed E-state index contributed by atoms with van der Waals surface area (Å²) in [5, 5.41) is 3.53. The highest BCUT2D eigenvalue weighted by Crippen LogP contribution is 2.34. The number of nitrogens with zero attached hydrogens (tertiary/aromatic N) is 2. The molecular weight excluding hydrogens is 427 g/mol. The molecule has 172 valence electrons. The summed E-state index contributed by atoms with van der Waals surface area (Å²) < 4.78 is 37.2. The number of halogens is 3. The first-order chi connectivity index (χ1) is 15.2. The van der Waals surface area contributed by atoms with Crippen LogP contribution in [0.2, 0.25) is 0 Å². The first kappa shape index (κ1) is 22.3. The first-order valence-electron chi connectivity index (χ1n) is 10.7. The number of rotatable bonds is 7. The largest absolute Gasteiger partial charge is 0.492 e. The predicted octanol–water partition coefficient (Wildman–Crippen LogP) is 2.51. The summed E-state index contributed by atoms with van der Waals surface area (Å²) in [6, 6.07) is 6.28. The molecule has 3 aliphatic rings. The summed E-state index contributed by atoms with van der Waals surface area (Å²) in [5.74, 6) is -2.62. The lowest BCUT2D eigenvalue weighted by Crippen LogP contribution is -2.58. The van der Waals surface area contributed by atoms with E-state index in [1.165, 1.54) is 6.08 Å². The molecule has 1 aromatic carbocycles. The molecule has 7 nitrogen and oxygen atoms in total. The Labute approximate surface area is 183 Å². The summed E-state index contributed by atoms with van der Waals surface area (Å²) in [6.07, 6.45) is 1.73. The van der Waals surface area contributed by atoms with Crippen molar-refractivity contribution in [3.05, 3.63) is 42.0 Å². The molecule has 1 saturated heterocycles. The van der Waals surface area contributed by atoms with Crippen LogP contribution in [-0.2, 0) is 25.6 Å². The van der Waals surface area contributed by atoms with Gasteiger partial charge in [-0.25, -0.2) is 4.79 Å². The second-order valence-corrected chi connectivity index (χ2v) is 8.34. The first-order valence-corrected chi connectivity index (χ1v) is 10.7. The zero-order valence-electron chi connectivity index (χ0n) is 17.3. The van der Waals surface area contributed by atoms with Gasteiger partial charge in [-0.05, 0) is 36.8 Å². The van der Waals surface area contributed by atoms with E-state index in [2.05, 4.69) is 10.2 Å². The molecular formula is C22H24F3N3O4. The lowest BCUT2D eigenvalue weighted by atomic mass is 10.0. The van der Waals surface area contributed by atoms with Crippen molar-refractivity contribution in [2.75, 3.05) is 18.0 Å². The fraction of sp³-hybridized carbons (Fsp3) is 0.500. The average molecular weight is 451 g/mol. The SMILES string of the molecule is O=C(N[C@H](/C=C/C(=O)N1CCc2ccccc21)CC1CC1)[C@@H]1CCN1OC(=O)C(F)(F)F. The molecule has 10 heteroatoms. The molecule has 32 heavy (non-hydrogen) atoms. The summed E-state index contributed by atoms with van der Waals surface area (Å²) in [4.78, 5) is 42.3. The standard InChI is InChI=1S/C22H24F3N3O4/c23-22(24,25)21(31)32-28-12-10-18(28)20(30)26-16(13-14-5-6-14)7-8-19(29)27-11-9-15-3-1-2-4-17(15)27/h1-4,7-8,14,16,18H,5-6,9-13H2,(H,26,30)/b8-7+/t16-,18+/m1/s1. The van der Waals surface area contributed by atoms with Crippen LogP contribution in [0.5, 0.6) is 0 Å². The maximum atomic E-state index is 12.7. The normalized spacial score (nSPS) is 21.7. The third-order valence-corrected chi connectivity index (χ3v) is 5.94. The Morgan fingerprint density at radius 1 is 1.16 bits per heavy atom. The van der Waals surface area contributed by atoms with E-state index in [1.807, 2.05) is 24.3 Å². The van der Waals surface area contributed by atoms with Crippen LogP contribution in [0.15, 0.2) is 36.4 Å². The predicted molar refractivity (Wildman–Crippen MR) is 108 cm³/mol. The Morgan fingerprint density at radius 3 is 2.56 bits per heavy atom. The summed E-state index contributed by atoms with van der Waals surface area (Å²) in [5.41, 5.74) is 1.98. The van der Waals surface area contributed by atoms with E-state index in [1.54, 1.807) is 11.0 Å². The molecule has 4 rings (SSSR count). The molecule has 0 bridgehead atoms. The van der Waals surface area contributed by atoms with Gasteiger partial charge in [-0.3, -0.25) is 9.59 Å². The van der Waals surface area contributed by atoms with Crippen molar-refractivity contribution in [1.29, 1.82) is 0 Å². The monoisotopic (exact) mass is 451 g/mol. The van der Waals surface area contributed by atoms with Gasteiger partial charge in [0.15, 0.2) is 0 Å². The van der Waals surface area contributed by atoms with Crippen LogP contribution in [0.4, 0.5) is 18.9 Å². The van der Waals surface area contributed by atoms with Gasteiger partial charge in [0.25, 0.3) is 5.91 Å². The highest BCUT2D eigenvalue weighted by molar-refractivity contribution is 6.03. The van der Waals surface area contributed by atoms with Gasteiger partial charge >= 0.3 is 12.1 Å². The van der Waals surface area contributed by atoms with Crippen LogP contribution in [0, 0.1) is 5.92 Å². The summed E-state index contributed by atoms with van der Waals surface area (Å²) >= 11 is 0. The maximum Gasteiger partial charge on any atom is 0.492 e. The second kappa shape index (κ2) is 8.93. The Kier molecular flexibility index (Phi) is 6.23. The van der Waals surface area contributed by atoms with Crippen LogP contribution in [0.1, 0.15) is 31.2 Å². The second-order valence-electron chi connectivity index (χ2n) is 8.34. The van der Waals surface area contributed by atoms with E-state index >= 15 is 0 Å². The van der Waals surface area contributed by atoms with Gasteiger partial charge in [0.05, 0.1) is 0 Å². The van der Waals surface area contributed by atoms with E-state index in [0.29, 0.717) is 18.9 Å². The van der Waals surface area contributed by atoms with Crippen molar-refractivity contribution < 1.29 is 32.4 Å². The van der Waals surface area contributed by atoms with Gasteiger partial charge in [0.2, 0.25) is 5.91 Å². The summed E-state index contributed by atoms with van der Waals surface area (Å²) in [6.45, 7) is 0.639. The molecule has 0 unspecified atom stereocenters. The number of amides is 2. The number of carbonyl (C=O) groups excluding carboxylic acids is 3. The lowest BCUT2D eigenvalue weighted by molar-refractivity contribution is -0.261. The summed E-state index contributed by atoms with van der Waals surface area (Å²) in [7, 11) is 0. The number of carbonyl (C=O) groups is 3. The van der Waals surface area contributed by atoms with Gasteiger partial charge in [0, 0.05) is 30.9 Å². The van der Waals surface area contributed by atoms with Crippen LogP contribution < -0.4 is 10.2 Å². The Morgan fingerprint density at radius 2 is 1.91 bits per heavy atom. The van der Waals surface area contributed by atoms with Crippen molar-refractivity contribution in [3.63, 3.8) is 0 Å². The van der Waals surface area contributed by atoms with Gasteiger partial charge in [-0.15, -0.1) is 5.06 Å². The van der Waals surface area contributed by atoms with E-state index in [0.717, 1.165) is 35.6 Å². The number of hydroxylamine groups is 2. The van der Waals surface area contributed by atoms with Crippen LogP contribution in [0.25, 0.3) is 0 Å². The van der Waals surface area contributed by atoms with Crippen molar-refractivity contribution in [2.24, 2.45) is 5.92 Å². The van der Waals surface area contributed by atoms with Crippen LogP contribution in [-0.4, -0.2) is 54.2 Å². The fourth-order valence-corrected chi connectivity index (χ4v) is 3.93. The molecule has 1 saturated carbocycles. The highest BCUT2D eigenvalue weighted by atomic mass is 19.4. The molecule has 2 heterocycles. The average Bonchev–Trinajstić information content (AvgIpc) is 3.43. The third kappa shape index (κ3) is 5.12. The highest BCUT2D eigenvalue weighted by Gasteiger charge is 2.46. The molecule has 2 fully saturated rings. The van der Waals surface area contributed by atoms with Gasteiger partial charge < -0.3 is 15.1 Å². The van der Waals surface area contributed by atoms with E-state index in [9.17, 15) is 27.6 Å². The number of nitrogens with one attached hydrogen (secondary N) is 1. The number of benzene rings is 1. The fourth-order valence-electron chi connectivity index (χ4n) is 3.93. The van der Waals surface area contributed by atoms with Crippen LogP contribution in [0.3, 0.4) is 0 Å². The molecule has 1 N–H and O–H groups in total. The minimum atomic E-state index is -5.12. The van der Waals surface area contributed by atoms with Crippen molar-refractivity contribution in [1.82, 2.24) is 10.4 Å². The zero-order valence-corrected chi connectivity index (χ0v) is 17.3. The van der Waals surface area contributed by atoms with E-state index in [4.69, 9.17) is 0 Å².